The van der Waals surface area contributed by atoms with Gasteiger partial charge in [0, 0.05) is 22.7 Å². The molecule has 0 unspecified atom stereocenters. The van der Waals surface area contributed by atoms with Crippen molar-refractivity contribution >= 4 is 16.7 Å². The van der Waals surface area contributed by atoms with Gasteiger partial charge in [0.25, 0.3) is 0 Å². The summed E-state index contributed by atoms with van der Waals surface area (Å²) < 4.78 is 13.0. The van der Waals surface area contributed by atoms with Gasteiger partial charge in [-0.2, -0.15) is 0 Å². The Morgan fingerprint density at radius 1 is 1.04 bits per heavy atom. The molecule has 3 rings (SSSR count). The normalized spacial score (nSPS) is 10.7. The van der Waals surface area contributed by atoms with Crippen molar-refractivity contribution in [2.45, 2.75) is 13.5 Å². The van der Waals surface area contributed by atoms with Crippen LogP contribution in [0.2, 0.25) is 0 Å². The second-order valence-electron chi connectivity index (χ2n) is 5.33. The molecule has 0 fully saturated rings. The lowest BCUT2D eigenvalue weighted by Gasteiger charge is -2.09. The predicted octanol–water partition coefficient (Wildman–Crippen LogP) is 3.93. The van der Waals surface area contributed by atoms with E-state index in [0.29, 0.717) is 13.2 Å². The fourth-order valence-corrected chi connectivity index (χ4v) is 2.65. The number of benzene rings is 2. The maximum Gasteiger partial charge on any atom is 0.161 e. The molecule has 0 N–H and O–H groups in total. The van der Waals surface area contributed by atoms with Gasteiger partial charge in [0.2, 0.25) is 0 Å². The van der Waals surface area contributed by atoms with Gasteiger partial charge in [-0.3, -0.25) is 4.79 Å². The molecule has 0 saturated heterocycles. The van der Waals surface area contributed by atoms with E-state index in [4.69, 9.17) is 9.47 Å². The molecule has 2 aromatic carbocycles. The molecule has 0 spiro atoms. The van der Waals surface area contributed by atoms with Crippen LogP contribution >= 0.6 is 0 Å². The zero-order chi connectivity index (χ0) is 16.2. The van der Waals surface area contributed by atoms with Gasteiger partial charge < -0.3 is 14.0 Å². The van der Waals surface area contributed by atoms with E-state index in [-0.39, 0.29) is 5.78 Å². The molecule has 0 atom stereocenters. The Kier molecular flexibility index (Phi) is 4.33. The summed E-state index contributed by atoms with van der Waals surface area (Å²) in [6.45, 7) is 2.81. The van der Waals surface area contributed by atoms with Crippen molar-refractivity contribution in [2.75, 3.05) is 13.7 Å². The van der Waals surface area contributed by atoms with Crippen molar-refractivity contribution in [3.05, 3.63) is 60.3 Å². The molecular weight excluding hydrogens is 290 g/mol. The molecule has 0 saturated carbocycles. The summed E-state index contributed by atoms with van der Waals surface area (Å²) in [6, 6.07) is 15.4. The topological polar surface area (TPSA) is 40.5 Å². The fourth-order valence-electron chi connectivity index (χ4n) is 2.65. The average Bonchev–Trinajstić information content (AvgIpc) is 2.95. The number of rotatable bonds is 6. The molecule has 0 bridgehead atoms. The van der Waals surface area contributed by atoms with E-state index in [9.17, 15) is 4.79 Å². The number of hydrogen-bond acceptors (Lipinski definition) is 3. The number of aromatic nitrogens is 1. The first-order valence-electron chi connectivity index (χ1n) is 7.54. The molecule has 0 radical (unpaired) electrons. The molecule has 4 nitrogen and oxygen atoms in total. The Morgan fingerprint density at radius 2 is 1.74 bits per heavy atom. The van der Waals surface area contributed by atoms with Gasteiger partial charge in [-0.05, 0) is 37.3 Å². The minimum Gasteiger partial charge on any atom is -0.497 e. The van der Waals surface area contributed by atoms with Crippen LogP contribution in [0, 0.1) is 0 Å². The highest BCUT2D eigenvalue weighted by Crippen LogP contribution is 2.22. The Hall–Kier alpha value is -2.75. The second-order valence-corrected chi connectivity index (χ2v) is 5.33. The van der Waals surface area contributed by atoms with Gasteiger partial charge in [0.15, 0.2) is 5.78 Å². The number of methoxy groups -OCH3 is 1. The third kappa shape index (κ3) is 3.21. The lowest BCUT2D eigenvalue weighted by Crippen LogP contribution is -2.07. The molecule has 0 aliphatic carbocycles. The van der Waals surface area contributed by atoms with E-state index in [1.54, 1.807) is 14.0 Å². The Labute approximate surface area is 135 Å². The standard InChI is InChI=1S/C19H19NO3/c1-14(21)18-13-20(19-6-4-3-5-17(18)19)11-12-23-16-9-7-15(22-2)8-10-16/h3-10,13H,11-12H2,1-2H3. The first-order valence-corrected chi connectivity index (χ1v) is 7.54. The lowest BCUT2D eigenvalue weighted by molar-refractivity contribution is 0.101. The summed E-state index contributed by atoms with van der Waals surface area (Å²) >= 11 is 0. The Balaban J connectivity index is 1.73. The molecule has 0 aliphatic rings. The molecule has 3 aromatic rings. The van der Waals surface area contributed by atoms with Gasteiger partial charge in [0.1, 0.15) is 18.1 Å². The second kappa shape index (κ2) is 6.57. The molecule has 4 heteroatoms. The van der Waals surface area contributed by atoms with Crippen molar-refractivity contribution < 1.29 is 14.3 Å². The first-order chi connectivity index (χ1) is 11.2. The first kappa shape index (κ1) is 15.2. The highest BCUT2D eigenvalue weighted by atomic mass is 16.5. The van der Waals surface area contributed by atoms with Crippen LogP contribution in [0.15, 0.2) is 54.7 Å². The van der Waals surface area contributed by atoms with Crippen LogP contribution in [-0.4, -0.2) is 24.1 Å². The summed E-state index contributed by atoms with van der Waals surface area (Å²) in [5.74, 6) is 1.69. The van der Waals surface area contributed by atoms with E-state index in [1.807, 2.05) is 54.7 Å². The molecular formula is C19H19NO3. The van der Waals surface area contributed by atoms with Crippen LogP contribution < -0.4 is 9.47 Å². The van der Waals surface area contributed by atoms with Crippen molar-refractivity contribution in [3.63, 3.8) is 0 Å². The third-order valence-electron chi connectivity index (χ3n) is 3.83. The van der Waals surface area contributed by atoms with Gasteiger partial charge in [-0.15, -0.1) is 0 Å². The highest BCUT2D eigenvalue weighted by molar-refractivity contribution is 6.06. The van der Waals surface area contributed by atoms with E-state index in [1.165, 1.54) is 0 Å². The average molecular weight is 309 g/mol. The molecule has 23 heavy (non-hydrogen) atoms. The molecule has 118 valence electrons. The van der Waals surface area contributed by atoms with Crippen LogP contribution in [0.5, 0.6) is 11.5 Å². The van der Waals surface area contributed by atoms with E-state index in [0.717, 1.165) is 28.0 Å². The summed E-state index contributed by atoms with van der Waals surface area (Å²) in [5.41, 5.74) is 1.81. The lowest BCUT2D eigenvalue weighted by atomic mass is 10.1. The molecule has 1 heterocycles. The smallest absolute Gasteiger partial charge is 0.161 e. The van der Waals surface area contributed by atoms with E-state index < -0.39 is 0 Å². The van der Waals surface area contributed by atoms with Gasteiger partial charge in [-0.1, -0.05) is 18.2 Å². The van der Waals surface area contributed by atoms with Crippen LogP contribution in [0.4, 0.5) is 0 Å². The Morgan fingerprint density at radius 3 is 2.43 bits per heavy atom. The van der Waals surface area contributed by atoms with Crippen molar-refractivity contribution in [1.29, 1.82) is 0 Å². The number of carbonyl (C=O) groups excluding carboxylic acids is 1. The van der Waals surface area contributed by atoms with Crippen molar-refractivity contribution in [2.24, 2.45) is 0 Å². The number of hydrogen-bond donors (Lipinski definition) is 0. The largest absolute Gasteiger partial charge is 0.497 e. The number of ketones is 1. The number of nitrogens with zero attached hydrogens (tertiary/aromatic N) is 1. The zero-order valence-electron chi connectivity index (χ0n) is 13.3. The van der Waals surface area contributed by atoms with Crippen LogP contribution in [-0.2, 0) is 6.54 Å². The molecule has 1 aromatic heterocycles. The fraction of sp³-hybridized carbons (Fsp3) is 0.211. The predicted molar refractivity (Wildman–Crippen MR) is 90.4 cm³/mol. The Bertz CT molecular complexity index is 818. The minimum atomic E-state index is 0.0797. The van der Waals surface area contributed by atoms with Gasteiger partial charge in [-0.25, -0.2) is 0 Å². The number of Topliss-reactive ketones (excluding diaryl/α,β-unsaturated/α-hetero) is 1. The number of carbonyl (C=O) groups is 1. The minimum absolute atomic E-state index is 0.0797. The van der Waals surface area contributed by atoms with Crippen LogP contribution in [0.1, 0.15) is 17.3 Å². The van der Waals surface area contributed by atoms with Crippen molar-refractivity contribution in [1.82, 2.24) is 4.57 Å². The third-order valence-corrected chi connectivity index (χ3v) is 3.83. The van der Waals surface area contributed by atoms with Crippen LogP contribution in [0.3, 0.4) is 0 Å². The van der Waals surface area contributed by atoms with E-state index >= 15 is 0 Å². The highest BCUT2D eigenvalue weighted by Gasteiger charge is 2.11. The van der Waals surface area contributed by atoms with Gasteiger partial charge >= 0.3 is 0 Å². The number of para-hydroxylation sites is 1. The van der Waals surface area contributed by atoms with Crippen molar-refractivity contribution in [3.8, 4) is 11.5 Å². The maximum atomic E-state index is 11.8. The van der Waals surface area contributed by atoms with Gasteiger partial charge in [0.05, 0.1) is 13.7 Å². The maximum absolute atomic E-state index is 11.8. The summed E-state index contributed by atoms with van der Waals surface area (Å²) in [6.07, 6.45) is 1.91. The summed E-state index contributed by atoms with van der Waals surface area (Å²) in [7, 11) is 1.64. The quantitative estimate of drug-likeness (QED) is 0.648. The monoisotopic (exact) mass is 309 g/mol. The SMILES string of the molecule is COc1ccc(OCCn2cc(C(C)=O)c3ccccc32)cc1. The number of ether oxygens (including phenoxy) is 2. The molecule has 0 amide bonds. The summed E-state index contributed by atoms with van der Waals surface area (Å²) in [5, 5.41) is 0.990. The van der Waals surface area contributed by atoms with Crippen LogP contribution in [0.25, 0.3) is 10.9 Å². The van der Waals surface area contributed by atoms with E-state index in [2.05, 4.69) is 4.57 Å². The zero-order valence-corrected chi connectivity index (χ0v) is 13.3. The summed E-state index contributed by atoms with van der Waals surface area (Å²) in [4.78, 5) is 11.8. The molecule has 0 aliphatic heterocycles. The number of fused-ring (bicyclic) bond motifs is 1.